The Labute approximate surface area is 147 Å². The van der Waals surface area contributed by atoms with Crippen LogP contribution in [0.2, 0.25) is 5.02 Å². The molecule has 0 amide bonds. The minimum atomic E-state index is -0.275. The van der Waals surface area contributed by atoms with E-state index >= 15 is 0 Å². The number of hydrogen-bond acceptors (Lipinski definition) is 4. The number of halogens is 2. The van der Waals surface area contributed by atoms with Crippen LogP contribution in [0.4, 0.5) is 4.39 Å². The molecule has 1 N–H and O–H groups in total. The molecule has 1 heterocycles. The third-order valence-corrected chi connectivity index (χ3v) is 4.50. The highest BCUT2D eigenvalue weighted by Crippen LogP contribution is 2.18. The SMILES string of the molecule is O=c1[nH]c(SCc2ccc(F)cc2)nnc1Cc1ccc(Cl)cc1. The Balaban J connectivity index is 1.66. The van der Waals surface area contributed by atoms with Crippen LogP contribution < -0.4 is 5.56 Å². The minimum absolute atomic E-state index is 0.262. The zero-order chi connectivity index (χ0) is 16.9. The molecule has 0 aliphatic carbocycles. The van der Waals surface area contributed by atoms with Gasteiger partial charge in [-0.2, -0.15) is 0 Å². The average Bonchev–Trinajstić information content (AvgIpc) is 2.58. The molecular weight excluding hydrogens is 349 g/mol. The van der Waals surface area contributed by atoms with Gasteiger partial charge in [-0.1, -0.05) is 47.6 Å². The fourth-order valence-corrected chi connectivity index (χ4v) is 2.94. The van der Waals surface area contributed by atoms with Crippen LogP contribution in [0.5, 0.6) is 0 Å². The van der Waals surface area contributed by atoms with Crippen molar-refractivity contribution in [1.29, 1.82) is 0 Å². The summed E-state index contributed by atoms with van der Waals surface area (Å²) < 4.78 is 12.9. The lowest BCUT2D eigenvalue weighted by Crippen LogP contribution is -2.17. The lowest BCUT2D eigenvalue weighted by atomic mass is 10.1. The summed E-state index contributed by atoms with van der Waals surface area (Å²) in [5.74, 6) is 0.296. The van der Waals surface area contributed by atoms with Gasteiger partial charge in [-0.15, -0.1) is 10.2 Å². The number of aromatic nitrogens is 3. The van der Waals surface area contributed by atoms with Crippen molar-refractivity contribution in [2.75, 3.05) is 0 Å². The first kappa shape index (κ1) is 16.7. The van der Waals surface area contributed by atoms with Crippen molar-refractivity contribution in [3.63, 3.8) is 0 Å². The Morgan fingerprint density at radius 3 is 2.33 bits per heavy atom. The number of benzene rings is 2. The van der Waals surface area contributed by atoms with Gasteiger partial charge < -0.3 is 0 Å². The predicted octanol–water partition coefficient (Wildman–Crippen LogP) is 3.84. The highest BCUT2D eigenvalue weighted by atomic mass is 35.5. The van der Waals surface area contributed by atoms with Crippen molar-refractivity contribution in [3.05, 3.63) is 86.5 Å². The van der Waals surface area contributed by atoms with E-state index in [-0.39, 0.29) is 11.4 Å². The van der Waals surface area contributed by atoms with Gasteiger partial charge in [0.15, 0.2) is 5.16 Å². The van der Waals surface area contributed by atoms with Crippen molar-refractivity contribution < 1.29 is 4.39 Å². The number of nitrogens with zero attached hydrogens (tertiary/aromatic N) is 2. The van der Waals surface area contributed by atoms with E-state index < -0.39 is 0 Å². The normalized spacial score (nSPS) is 10.8. The van der Waals surface area contributed by atoms with Crippen LogP contribution >= 0.6 is 23.4 Å². The first-order valence-corrected chi connectivity index (χ1v) is 8.54. The van der Waals surface area contributed by atoms with Crippen molar-refractivity contribution in [2.45, 2.75) is 17.3 Å². The molecule has 3 aromatic rings. The topological polar surface area (TPSA) is 58.6 Å². The molecule has 0 saturated heterocycles. The summed E-state index contributed by atoms with van der Waals surface area (Å²) >= 11 is 7.18. The molecular formula is C17H13ClFN3OS. The number of nitrogens with one attached hydrogen (secondary N) is 1. The second-order valence-corrected chi connectivity index (χ2v) is 6.52. The second-order valence-electron chi connectivity index (χ2n) is 5.12. The molecule has 0 fully saturated rings. The van der Waals surface area contributed by atoms with Crippen molar-refractivity contribution >= 4 is 23.4 Å². The van der Waals surface area contributed by atoms with Crippen LogP contribution in [0.25, 0.3) is 0 Å². The Bertz CT molecular complexity index is 882. The summed E-state index contributed by atoms with van der Waals surface area (Å²) in [6.07, 6.45) is 0.391. The van der Waals surface area contributed by atoms with Crippen LogP contribution in [0.3, 0.4) is 0 Å². The molecule has 0 unspecified atom stereocenters. The zero-order valence-corrected chi connectivity index (χ0v) is 14.1. The van der Waals surface area contributed by atoms with Gasteiger partial charge in [0.1, 0.15) is 11.5 Å². The van der Waals surface area contributed by atoms with Crippen molar-refractivity contribution in [2.24, 2.45) is 0 Å². The van der Waals surface area contributed by atoms with Crippen LogP contribution in [0.1, 0.15) is 16.8 Å². The maximum Gasteiger partial charge on any atom is 0.273 e. The van der Waals surface area contributed by atoms with Crippen molar-refractivity contribution in [1.82, 2.24) is 15.2 Å². The monoisotopic (exact) mass is 361 g/mol. The van der Waals surface area contributed by atoms with Crippen LogP contribution in [0, 0.1) is 5.82 Å². The summed E-state index contributed by atoms with van der Waals surface area (Å²) in [7, 11) is 0. The van der Waals surface area contributed by atoms with E-state index in [0.29, 0.717) is 28.0 Å². The Hall–Kier alpha value is -2.18. The quantitative estimate of drug-likeness (QED) is 0.701. The van der Waals surface area contributed by atoms with Gasteiger partial charge >= 0.3 is 0 Å². The number of rotatable bonds is 5. The Morgan fingerprint density at radius 1 is 1.00 bits per heavy atom. The average molecular weight is 362 g/mol. The van der Waals surface area contributed by atoms with Crippen molar-refractivity contribution in [3.8, 4) is 0 Å². The molecule has 122 valence electrons. The van der Waals surface area contributed by atoms with Gasteiger partial charge in [0, 0.05) is 17.2 Å². The molecule has 3 rings (SSSR count). The molecule has 0 spiro atoms. The highest BCUT2D eigenvalue weighted by molar-refractivity contribution is 7.98. The number of H-pyrrole nitrogens is 1. The summed E-state index contributed by atoms with van der Waals surface area (Å²) in [4.78, 5) is 14.8. The maximum absolute atomic E-state index is 12.9. The van der Waals surface area contributed by atoms with E-state index in [2.05, 4.69) is 15.2 Å². The summed E-state index contributed by atoms with van der Waals surface area (Å²) in [5.41, 5.74) is 1.96. The first-order valence-electron chi connectivity index (χ1n) is 7.18. The maximum atomic E-state index is 12.9. The number of thioether (sulfide) groups is 1. The van der Waals surface area contributed by atoms with E-state index in [0.717, 1.165) is 11.1 Å². The summed E-state index contributed by atoms with van der Waals surface area (Å²) in [6.45, 7) is 0. The molecule has 2 aromatic carbocycles. The smallest absolute Gasteiger partial charge is 0.273 e. The first-order chi connectivity index (χ1) is 11.6. The van der Waals surface area contributed by atoms with Gasteiger partial charge in [-0.05, 0) is 35.4 Å². The van der Waals surface area contributed by atoms with Gasteiger partial charge in [-0.3, -0.25) is 9.78 Å². The third-order valence-electron chi connectivity index (χ3n) is 3.32. The van der Waals surface area contributed by atoms with Crippen LogP contribution in [0.15, 0.2) is 58.5 Å². The van der Waals surface area contributed by atoms with Gasteiger partial charge in [-0.25, -0.2) is 4.39 Å². The fraction of sp³-hybridized carbons (Fsp3) is 0.118. The molecule has 0 atom stereocenters. The standard InChI is InChI=1S/C17H13ClFN3OS/c18-13-5-1-11(2-6-13)9-15-16(23)20-17(22-21-15)24-10-12-3-7-14(19)8-4-12/h1-8H,9-10H2,(H,20,22,23). The zero-order valence-electron chi connectivity index (χ0n) is 12.5. The van der Waals surface area contributed by atoms with Gasteiger partial charge in [0.25, 0.3) is 5.56 Å². The van der Waals surface area contributed by atoms with Crippen LogP contribution in [-0.4, -0.2) is 15.2 Å². The molecule has 0 aliphatic heterocycles. The van der Waals surface area contributed by atoms with E-state index in [1.54, 1.807) is 24.3 Å². The second kappa shape index (κ2) is 7.59. The molecule has 0 bridgehead atoms. The summed E-state index contributed by atoms with van der Waals surface area (Å²) in [5, 5.41) is 9.14. The summed E-state index contributed by atoms with van der Waals surface area (Å²) in [6, 6.07) is 13.4. The third kappa shape index (κ3) is 4.43. The lowest BCUT2D eigenvalue weighted by molar-refractivity contribution is 0.627. The molecule has 7 heteroatoms. The van der Waals surface area contributed by atoms with Gasteiger partial charge in [0.2, 0.25) is 0 Å². The minimum Gasteiger partial charge on any atom is -0.298 e. The lowest BCUT2D eigenvalue weighted by Gasteiger charge is -2.03. The highest BCUT2D eigenvalue weighted by Gasteiger charge is 2.07. The van der Waals surface area contributed by atoms with E-state index in [1.807, 2.05) is 12.1 Å². The molecule has 4 nitrogen and oxygen atoms in total. The predicted molar refractivity (Wildman–Crippen MR) is 92.9 cm³/mol. The Morgan fingerprint density at radius 2 is 1.67 bits per heavy atom. The van der Waals surface area contributed by atoms with E-state index in [4.69, 9.17) is 11.6 Å². The number of aromatic amines is 1. The molecule has 24 heavy (non-hydrogen) atoms. The fourth-order valence-electron chi connectivity index (χ4n) is 2.05. The van der Waals surface area contributed by atoms with Gasteiger partial charge in [0.05, 0.1) is 0 Å². The largest absolute Gasteiger partial charge is 0.298 e. The molecule has 1 aromatic heterocycles. The van der Waals surface area contributed by atoms with E-state index in [9.17, 15) is 9.18 Å². The molecule has 0 aliphatic rings. The van der Waals surface area contributed by atoms with Crippen LogP contribution in [-0.2, 0) is 12.2 Å². The van der Waals surface area contributed by atoms with E-state index in [1.165, 1.54) is 23.9 Å². The molecule has 0 saturated carbocycles. The number of hydrogen-bond donors (Lipinski definition) is 1. The Kier molecular flexibility index (Phi) is 5.27. The molecule has 0 radical (unpaired) electrons.